The fourth-order valence-electron chi connectivity index (χ4n) is 1.36. The van der Waals surface area contributed by atoms with Crippen molar-refractivity contribution < 1.29 is 13.9 Å². The maximum Gasteiger partial charge on any atom is 0.134 e. The van der Waals surface area contributed by atoms with Crippen LogP contribution in [0, 0.1) is 0 Å². The number of hydrogen-bond donors (Lipinski definition) is 1. The van der Waals surface area contributed by atoms with Gasteiger partial charge in [0.15, 0.2) is 0 Å². The van der Waals surface area contributed by atoms with Crippen LogP contribution in [0.15, 0.2) is 22.8 Å². The lowest BCUT2D eigenvalue weighted by Gasteiger charge is -2.19. The summed E-state index contributed by atoms with van der Waals surface area (Å²) in [6.45, 7) is 3.23. The summed E-state index contributed by atoms with van der Waals surface area (Å²) < 4.78 is 15.9. The lowest BCUT2D eigenvalue weighted by molar-refractivity contribution is 0.0137. The third-order valence-corrected chi connectivity index (χ3v) is 2.09. The van der Waals surface area contributed by atoms with E-state index in [1.54, 1.807) is 13.4 Å². The van der Waals surface area contributed by atoms with Gasteiger partial charge in [0.25, 0.3) is 0 Å². The zero-order chi connectivity index (χ0) is 11.1. The summed E-state index contributed by atoms with van der Waals surface area (Å²) in [6.07, 6.45) is 2.32. The second-order valence-corrected chi connectivity index (χ2v) is 3.51. The first kappa shape index (κ1) is 12.2. The first-order chi connectivity index (χ1) is 7.25. The monoisotopic (exact) mass is 213 g/mol. The maximum atomic E-state index is 5.83. The molecule has 1 rings (SSSR count). The number of methoxy groups -OCH3 is 1. The average Bonchev–Trinajstić information content (AvgIpc) is 2.70. The van der Waals surface area contributed by atoms with Gasteiger partial charge in [0, 0.05) is 26.4 Å². The topological polar surface area (TPSA) is 57.6 Å². The predicted octanol–water partition coefficient (Wildman–Crippen LogP) is 1.72. The van der Waals surface area contributed by atoms with Gasteiger partial charge < -0.3 is 19.6 Å². The number of furan rings is 1. The molecule has 86 valence electrons. The number of nitrogens with two attached hydrogens (primary N) is 1. The van der Waals surface area contributed by atoms with Crippen molar-refractivity contribution in [2.24, 2.45) is 5.73 Å². The van der Waals surface area contributed by atoms with Crippen molar-refractivity contribution in [1.82, 2.24) is 0 Å². The van der Waals surface area contributed by atoms with Gasteiger partial charge in [-0.05, 0) is 25.5 Å². The van der Waals surface area contributed by atoms with Crippen LogP contribution < -0.4 is 5.73 Å². The first-order valence-electron chi connectivity index (χ1n) is 5.15. The van der Waals surface area contributed by atoms with E-state index in [0.29, 0.717) is 13.2 Å². The summed E-state index contributed by atoms with van der Waals surface area (Å²) in [5, 5.41) is 0. The fourth-order valence-corrected chi connectivity index (χ4v) is 1.36. The van der Waals surface area contributed by atoms with Crippen LogP contribution in [0.2, 0.25) is 0 Å². The molecule has 1 aromatic heterocycles. The molecule has 0 fully saturated rings. The summed E-state index contributed by atoms with van der Waals surface area (Å²) in [5.41, 5.74) is 5.83. The Bertz CT molecular complexity index is 246. The summed E-state index contributed by atoms with van der Waals surface area (Å²) in [5.74, 6) is 0.780. The van der Waals surface area contributed by atoms with E-state index in [1.807, 2.05) is 19.1 Å². The van der Waals surface area contributed by atoms with Crippen molar-refractivity contribution in [2.75, 3.05) is 20.3 Å². The molecule has 4 heteroatoms. The highest BCUT2D eigenvalue weighted by atomic mass is 16.5. The molecule has 0 aromatic carbocycles. The molecule has 0 radical (unpaired) electrons. The number of ether oxygens (including phenoxy) is 2. The van der Waals surface area contributed by atoms with Crippen LogP contribution in [0.1, 0.15) is 25.2 Å². The summed E-state index contributed by atoms with van der Waals surface area (Å²) >= 11 is 0. The molecule has 1 aromatic rings. The Kier molecular flexibility index (Phi) is 5.39. The highest BCUT2D eigenvalue weighted by Crippen LogP contribution is 2.20. The van der Waals surface area contributed by atoms with Gasteiger partial charge in [0.2, 0.25) is 0 Å². The zero-order valence-electron chi connectivity index (χ0n) is 9.31. The van der Waals surface area contributed by atoms with Crippen LogP contribution in [0.25, 0.3) is 0 Å². The van der Waals surface area contributed by atoms with Crippen molar-refractivity contribution in [2.45, 2.75) is 25.5 Å². The Morgan fingerprint density at radius 3 is 2.80 bits per heavy atom. The lowest BCUT2D eigenvalue weighted by Crippen LogP contribution is -2.27. The molecule has 0 saturated carbocycles. The second-order valence-electron chi connectivity index (χ2n) is 3.51. The van der Waals surface area contributed by atoms with E-state index in [4.69, 9.17) is 19.6 Å². The average molecular weight is 213 g/mol. The molecule has 0 aliphatic rings. The van der Waals surface area contributed by atoms with Crippen molar-refractivity contribution >= 4 is 0 Å². The minimum absolute atomic E-state index is 0.0845. The molecule has 15 heavy (non-hydrogen) atoms. The second kappa shape index (κ2) is 6.61. The summed E-state index contributed by atoms with van der Waals surface area (Å²) in [6, 6.07) is 3.63. The van der Waals surface area contributed by atoms with Crippen LogP contribution in [0.3, 0.4) is 0 Å². The van der Waals surface area contributed by atoms with E-state index in [2.05, 4.69) is 0 Å². The molecule has 2 N–H and O–H groups in total. The molecule has 1 heterocycles. The first-order valence-corrected chi connectivity index (χ1v) is 5.15. The Morgan fingerprint density at radius 2 is 2.27 bits per heavy atom. The Balaban J connectivity index is 2.39. The Hall–Kier alpha value is -0.840. The quantitative estimate of drug-likeness (QED) is 0.701. The SMILES string of the molecule is COCCCOC(c1ccco1)C(C)N. The largest absolute Gasteiger partial charge is 0.467 e. The molecule has 0 saturated heterocycles. The van der Waals surface area contributed by atoms with Crippen LogP contribution in [0.4, 0.5) is 0 Å². The van der Waals surface area contributed by atoms with Gasteiger partial charge in [-0.3, -0.25) is 0 Å². The molecule has 2 unspecified atom stereocenters. The Labute approximate surface area is 90.3 Å². The fraction of sp³-hybridized carbons (Fsp3) is 0.636. The third-order valence-electron chi connectivity index (χ3n) is 2.09. The maximum absolute atomic E-state index is 5.83. The van der Waals surface area contributed by atoms with Crippen molar-refractivity contribution in [3.63, 3.8) is 0 Å². The van der Waals surface area contributed by atoms with E-state index in [-0.39, 0.29) is 12.1 Å². The van der Waals surface area contributed by atoms with Gasteiger partial charge in [-0.25, -0.2) is 0 Å². The molecule has 0 aliphatic carbocycles. The van der Waals surface area contributed by atoms with Gasteiger partial charge >= 0.3 is 0 Å². The van der Waals surface area contributed by atoms with E-state index in [9.17, 15) is 0 Å². The molecule has 2 atom stereocenters. The van der Waals surface area contributed by atoms with Gasteiger partial charge in [0.1, 0.15) is 11.9 Å². The molecule has 0 amide bonds. The van der Waals surface area contributed by atoms with Crippen LogP contribution in [0.5, 0.6) is 0 Å². The summed E-state index contributed by atoms with van der Waals surface area (Å²) in [7, 11) is 1.68. The number of rotatable bonds is 7. The summed E-state index contributed by atoms with van der Waals surface area (Å²) in [4.78, 5) is 0. The molecule has 0 aliphatic heterocycles. The lowest BCUT2D eigenvalue weighted by atomic mass is 10.1. The van der Waals surface area contributed by atoms with Crippen molar-refractivity contribution in [3.8, 4) is 0 Å². The van der Waals surface area contributed by atoms with E-state index < -0.39 is 0 Å². The Morgan fingerprint density at radius 1 is 1.47 bits per heavy atom. The molecular formula is C11H19NO3. The minimum atomic E-state index is -0.170. The predicted molar refractivity (Wildman–Crippen MR) is 57.5 cm³/mol. The van der Waals surface area contributed by atoms with Crippen molar-refractivity contribution in [1.29, 1.82) is 0 Å². The number of hydrogen-bond acceptors (Lipinski definition) is 4. The normalized spacial score (nSPS) is 15.1. The third kappa shape index (κ3) is 4.03. The van der Waals surface area contributed by atoms with Crippen LogP contribution in [-0.2, 0) is 9.47 Å². The molecule has 0 bridgehead atoms. The van der Waals surface area contributed by atoms with E-state index in [0.717, 1.165) is 12.2 Å². The van der Waals surface area contributed by atoms with Gasteiger partial charge in [-0.1, -0.05) is 0 Å². The zero-order valence-corrected chi connectivity index (χ0v) is 9.31. The standard InChI is InChI=1S/C11H19NO3/c1-9(12)11(10-5-3-7-14-10)15-8-4-6-13-2/h3,5,7,9,11H,4,6,8,12H2,1-2H3. The smallest absolute Gasteiger partial charge is 0.134 e. The van der Waals surface area contributed by atoms with Gasteiger partial charge in [0.05, 0.1) is 6.26 Å². The molecule has 0 spiro atoms. The van der Waals surface area contributed by atoms with Gasteiger partial charge in [-0.15, -0.1) is 0 Å². The van der Waals surface area contributed by atoms with Crippen molar-refractivity contribution in [3.05, 3.63) is 24.2 Å². The van der Waals surface area contributed by atoms with Gasteiger partial charge in [-0.2, -0.15) is 0 Å². The van der Waals surface area contributed by atoms with Crippen LogP contribution in [-0.4, -0.2) is 26.4 Å². The minimum Gasteiger partial charge on any atom is -0.467 e. The van der Waals surface area contributed by atoms with E-state index >= 15 is 0 Å². The molecule has 4 nitrogen and oxygen atoms in total. The van der Waals surface area contributed by atoms with Crippen LogP contribution >= 0.6 is 0 Å². The highest BCUT2D eigenvalue weighted by molar-refractivity contribution is 5.04. The van der Waals surface area contributed by atoms with E-state index in [1.165, 1.54) is 0 Å². The molecular weight excluding hydrogens is 194 g/mol. The highest BCUT2D eigenvalue weighted by Gasteiger charge is 2.19.